The van der Waals surface area contributed by atoms with Gasteiger partial charge in [0, 0.05) is 6.42 Å². The molecule has 1 aliphatic rings. The second-order valence-electron chi connectivity index (χ2n) is 7.29. The summed E-state index contributed by atoms with van der Waals surface area (Å²) in [4.78, 5) is 37.8. The molecule has 23 heavy (non-hydrogen) atoms. The Balaban J connectivity index is 3.09. The molecule has 0 unspecified atom stereocenters. The lowest BCUT2D eigenvalue weighted by Crippen LogP contribution is -2.47. The highest BCUT2D eigenvalue weighted by Crippen LogP contribution is 2.28. The van der Waals surface area contributed by atoms with Crippen LogP contribution >= 0.6 is 0 Å². The molecule has 1 rings (SSSR count). The third-order valence-corrected chi connectivity index (χ3v) is 2.75. The van der Waals surface area contributed by atoms with Gasteiger partial charge in [-0.3, -0.25) is 4.79 Å². The zero-order valence-corrected chi connectivity index (χ0v) is 14.8. The maximum absolute atomic E-state index is 12.4. The fourth-order valence-corrected chi connectivity index (χ4v) is 2.00. The Kier molecular flexibility index (Phi) is 5.45. The van der Waals surface area contributed by atoms with Crippen molar-refractivity contribution in [2.24, 2.45) is 0 Å². The highest BCUT2D eigenvalue weighted by Gasteiger charge is 2.47. The van der Waals surface area contributed by atoms with Gasteiger partial charge in [0.05, 0.1) is 18.9 Å². The van der Waals surface area contributed by atoms with Crippen LogP contribution in [-0.2, 0) is 23.8 Å². The van der Waals surface area contributed by atoms with Crippen LogP contribution in [0.5, 0.6) is 0 Å². The Morgan fingerprint density at radius 3 is 2.04 bits per heavy atom. The van der Waals surface area contributed by atoms with E-state index in [9.17, 15) is 14.4 Å². The second kappa shape index (κ2) is 6.60. The first-order valence-electron chi connectivity index (χ1n) is 7.37. The number of esters is 1. The number of rotatable bonds is 2. The van der Waals surface area contributed by atoms with Crippen LogP contribution in [0.3, 0.4) is 0 Å². The van der Waals surface area contributed by atoms with E-state index >= 15 is 0 Å². The summed E-state index contributed by atoms with van der Waals surface area (Å²) in [5, 5.41) is 0. The van der Waals surface area contributed by atoms with Crippen LogP contribution in [0.2, 0.25) is 0 Å². The number of hydrogen-bond acceptors (Lipinski definition) is 6. The summed E-state index contributed by atoms with van der Waals surface area (Å²) < 4.78 is 15.4. The number of methoxy groups -OCH3 is 1. The molecule has 1 heterocycles. The van der Waals surface area contributed by atoms with Crippen molar-refractivity contribution in [1.29, 1.82) is 0 Å². The molecule has 0 aromatic heterocycles. The van der Waals surface area contributed by atoms with E-state index in [-0.39, 0.29) is 12.0 Å². The summed E-state index contributed by atoms with van der Waals surface area (Å²) in [6.45, 7) is 10.2. The van der Waals surface area contributed by atoms with Crippen LogP contribution in [0.15, 0.2) is 11.8 Å². The van der Waals surface area contributed by atoms with Gasteiger partial charge in [-0.2, -0.15) is 0 Å². The van der Waals surface area contributed by atoms with Gasteiger partial charge in [-0.1, -0.05) is 0 Å². The minimum Gasteiger partial charge on any atom is -0.504 e. The number of nitrogens with zero attached hydrogens (tertiary/aromatic N) is 1. The van der Waals surface area contributed by atoms with Crippen molar-refractivity contribution in [3.05, 3.63) is 11.8 Å². The quantitative estimate of drug-likeness (QED) is 0.440. The lowest BCUT2D eigenvalue weighted by atomic mass is 10.1. The van der Waals surface area contributed by atoms with Crippen LogP contribution in [-0.4, -0.2) is 47.2 Å². The van der Waals surface area contributed by atoms with E-state index in [1.165, 1.54) is 13.4 Å². The second-order valence-corrected chi connectivity index (χ2v) is 7.29. The van der Waals surface area contributed by atoms with Crippen molar-refractivity contribution in [1.82, 2.24) is 4.90 Å². The molecule has 1 aliphatic heterocycles. The maximum Gasteiger partial charge on any atom is 0.418 e. The largest absolute Gasteiger partial charge is 0.504 e. The van der Waals surface area contributed by atoms with E-state index in [0.29, 0.717) is 0 Å². The van der Waals surface area contributed by atoms with Gasteiger partial charge >= 0.3 is 12.1 Å². The maximum atomic E-state index is 12.4. The Hall–Kier alpha value is -2.05. The van der Waals surface area contributed by atoms with Crippen molar-refractivity contribution in [2.75, 3.05) is 7.11 Å². The molecule has 2 amide bonds. The third-order valence-electron chi connectivity index (χ3n) is 2.75. The summed E-state index contributed by atoms with van der Waals surface area (Å²) in [7, 11) is 1.39. The molecule has 0 aromatic carbocycles. The average molecular weight is 327 g/mol. The minimum absolute atomic E-state index is 0.0286. The van der Waals surface area contributed by atoms with Gasteiger partial charge in [0.1, 0.15) is 17.2 Å². The third kappa shape index (κ3) is 5.26. The van der Waals surface area contributed by atoms with Crippen molar-refractivity contribution >= 4 is 18.0 Å². The van der Waals surface area contributed by atoms with Gasteiger partial charge in [-0.05, 0) is 41.5 Å². The number of hydrogen-bond donors (Lipinski definition) is 0. The van der Waals surface area contributed by atoms with Gasteiger partial charge in [0.2, 0.25) is 0 Å². The van der Waals surface area contributed by atoms with Crippen LogP contribution in [0.25, 0.3) is 0 Å². The summed E-state index contributed by atoms with van der Waals surface area (Å²) in [5.41, 5.74) is -1.30. The number of amides is 2. The van der Waals surface area contributed by atoms with Gasteiger partial charge in [-0.25, -0.2) is 14.5 Å². The molecule has 0 aromatic rings. The van der Waals surface area contributed by atoms with E-state index in [1.807, 2.05) is 0 Å². The fraction of sp³-hybridized carbons (Fsp3) is 0.688. The number of likely N-dealkylation sites (tertiary alicyclic amines) is 1. The smallest absolute Gasteiger partial charge is 0.418 e. The van der Waals surface area contributed by atoms with E-state index < -0.39 is 35.2 Å². The van der Waals surface area contributed by atoms with Crippen LogP contribution in [0, 0.1) is 0 Å². The van der Waals surface area contributed by atoms with Crippen molar-refractivity contribution in [3.63, 3.8) is 0 Å². The molecule has 0 radical (unpaired) electrons. The molecule has 0 spiro atoms. The van der Waals surface area contributed by atoms with Crippen molar-refractivity contribution in [2.45, 2.75) is 65.2 Å². The first kappa shape index (κ1) is 19.0. The van der Waals surface area contributed by atoms with E-state index in [4.69, 9.17) is 14.2 Å². The molecule has 7 heteroatoms. The summed E-state index contributed by atoms with van der Waals surface area (Å²) >= 11 is 0. The zero-order valence-electron chi connectivity index (χ0n) is 14.8. The predicted octanol–water partition coefficient (Wildman–Crippen LogP) is 2.39. The van der Waals surface area contributed by atoms with Gasteiger partial charge < -0.3 is 14.2 Å². The Labute approximate surface area is 136 Å². The van der Waals surface area contributed by atoms with E-state index in [1.54, 1.807) is 41.5 Å². The van der Waals surface area contributed by atoms with Gasteiger partial charge in [0.25, 0.3) is 5.91 Å². The molecule has 1 saturated heterocycles. The highest BCUT2D eigenvalue weighted by atomic mass is 16.6. The molecule has 0 saturated carbocycles. The standard InChI is InChI=1S/C16H25NO6/c1-15(2,3)22-13(19)11-8-10(9-21-7)12(18)17(11)14(20)23-16(4,5)6/h9,11H,8H2,1-7H3/b10-9-/t11-/m0/s1. The molecule has 0 N–H and O–H groups in total. The lowest BCUT2D eigenvalue weighted by Gasteiger charge is -2.28. The molecule has 130 valence electrons. The molecule has 7 nitrogen and oxygen atoms in total. The van der Waals surface area contributed by atoms with Crippen LogP contribution < -0.4 is 0 Å². The molecule has 1 atom stereocenters. The minimum atomic E-state index is -1.06. The molecular weight excluding hydrogens is 302 g/mol. The van der Waals surface area contributed by atoms with E-state index in [0.717, 1.165) is 4.90 Å². The van der Waals surface area contributed by atoms with Gasteiger partial charge in [-0.15, -0.1) is 0 Å². The van der Waals surface area contributed by atoms with Crippen LogP contribution in [0.4, 0.5) is 4.79 Å². The van der Waals surface area contributed by atoms with Crippen molar-refractivity contribution in [3.8, 4) is 0 Å². The number of ether oxygens (including phenoxy) is 3. The van der Waals surface area contributed by atoms with Crippen molar-refractivity contribution < 1.29 is 28.6 Å². The lowest BCUT2D eigenvalue weighted by molar-refractivity contribution is -0.161. The topological polar surface area (TPSA) is 82.1 Å². The summed E-state index contributed by atoms with van der Waals surface area (Å²) in [6.07, 6.45) is 0.378. The number of carbonyl (C=O) groups is 3. The number of imide groups is 1. The van der Waals surface area contributed by atoms with Gasteiger partial charge in [0.15, 0.2) is 0 Å². The average Bonchev–Trinajstić information content (AvgIpc) is 2.63. The first-order valence-corrected chi connectivity index (χ1v) is 7.37. The fourth-order valence-electron chi connectivity index (χ4n) is 2.00. The van der Waals surface area contributed by atoms with Crippen LogP contribution in [0.1, 0.15) is 48.0 Å². The molecule has 0 bridgehead atoms. The highest BCUT2D eigenvalue weighted by molar-refractivity contribution is 6.08. The SMILES string of the molecule is CO/C=C1/C[C@@H](C(=O)OC(C)(C)C)N(C(=O)OC(C)(C)C)C1=O. The normalized spacial score (nSPS) is 20.7. The molecule has 1 fully saturated rings. The monoisotopic (exact) mass is 327 g/mol. The zero-order chi connectivity index (χ0) is 18.0. The summed E-state index contributed by atoms with van der Waals surface area (Å²) in [5.74, 6) is -1.27. The Bertz CT molecular complexity index is 524. The summed E-state index contributed by atoms with van der Waals surface area (Å²) in [6, 6.07) is -1.06. The molecular formula is C16H25NO6. The van der Waals surface area contributed by atoms with E-state index in [2.05, 4.69) is 0 Å². The molecule has 0 aliphatic carbocycles. The number of carbonyl (C=O) groups excluding carboxylic acids is 3. The predicted molar refractivity (Wildman–Crippen MR) is 82.4 cm³/mol. The Morgan fingerprint density at radius 1 is 1.09 bits per heavy atom. The Morgan fingerprint density at radius 2 is 1.61 bits per heavy atom. The first-order chi connectivity index (χ1) is 10.4.